The van der Waals surface area contributed by atoms with Crippen LogP contribution in [0.1, 0.15) is 0 Å². The van der Waals surface area contributed by atoms with Gasteiger partial charge < -0.3 is 15.1 Å². The van der Waals surface area contributed by atoms with Gasteiger partial charge in [-0.1, -0.05) is 24.3 Å². The van der Waals surface area contributed by atoms with Gasteiger partial charge in [0.2, 0.25) is 5.95 Å². The molecule has 4 heterocycles. The summed E-state index contributed by atoms with van der Waals surface area (Å²) in [7, 11) is 3.68. The summed E-state index contributed by atoms with van der Waals surface area (Å²) in [5.41, 5.74) is 0.397. The summed E-state index contributed by atoms with van der Waals surface area (Å²) in [5, 5.41) is 3.53. The highest BCUT2D eigenvalue weighted by Crippen LogP contribution is 2.49. The van der Waals surface area contributed by atoms with E-state index < -0.39 is 5.82 Å². The number of rotatable bonds is 3. The number of hydrogen-bond donors (Lipinski definition) is 1. The average molecular weight is 433 g/mol. The number of guanidine groups is 1. The molecular formula is C23H24FN7O. The molecule has 2 fully saturated rings. The molecule has 4 aliphatic rings. The normalized spacial score (nSPS) is 29.4. The maximum Gasteiger partial charge on any atom is 0.255 e. The summed E-state index contributed by atoms with van der Waals surface area (Å²) < 4.78 is 15.8. The molecule has 5 atom stereocenters. The Kier molecular flexibility index (Phi) is 4.21. The monoisotopic (exact) mass is 433 g/mol. The third-order valence-electron chi connectivity index (χ3n) is 7.04. The molecule has 6 rings (SSSR count). The zero-order chi connectivity index (χ0) is 22.0. The number of allylic oxidation sites excluding steroid dienone is 2. The van der Waals surface area contributed by atoms with Crippen LogP contribution in [0.4, 0.5) is 10.3 Å². The molecular weight excluding hydrogens is 409 g/mol. The van der Waals surface area contributed by atoms with Gasteiger partial charge in [0.05, 0.1) is 24.0 Å². The highest BCUT2D eigenvalue weighted by atomic mass is 19.1. The standard InChI is InChI=1S/C23H24FN7O/c1-29-20(32)9-19(13-7-8-25-10-16(13)24)28-23(29)30(2)21-14-11-31(12-15(14)21)22-26-17-5-3-4-6-18(17)27-22/h3-10,14-15,17-18,21H,11-12H2,1-2H3,(H,26,27)/t14-,15+,17?,18?,21+. The van der Waals surface area contributed by atoms with Crippen LogP contribution < -0.4 is 15.8 Å². The maximum atomic E-state index is 14.2. The van der Waals surface area contributed by atoms with Crippen molar-refractivity contribution in [1.82, 2.24) is 24.8 Å². The molecule has 2 aliphatic carbocycles. The Morgan fingerprint density at radius 2 is 2.00 bits per heavy atom. The molecule has 2 aromatic heterocycles. The van der Waals surface area contributed by atoms with E-state index in [4.69, 9.17) is 4.99 Å². The smallest absolute Gasteiger partial charge is 0.255 e. The summed E-state index contributed by atoms with van der Waals surface area (Å²) in [6, 6.07) is 3.64. The number of likely N-dealkylation sites (tertiary alicyclic amines) is 1. The molecule has 0 aromatic carbocycles. The van der Waals surface area contributed by atoms with Crippen LogP contribution >= 0.6 is 0 Å². The zero-order valence-electron chi connectivity index (χ0n) is 17.9. The van der Waals surface area contributed by atoms with Crippen molar-refractivity contribution in [2.24, 2.45) is 23.9 Å². The van der Waals surface area contributed by atoms with Crippen molar-refractivity contribution in [2.75, 3.05) is 25.0 Å². The largest absolute Gasteiger partial charge is 0.348 e. The lowest BCUT2D eigenvalue weighted by molar-refractivity contribution is 0.427. The maximum absolute atomic E-state index is 14.2. The van der Waals surface area contributed by atoms with E-state index in [1.807, 2.05) is 13.1 Å². The number of hydrogen-bond acceptors (Lipinski definition) is 7. The fourth-order valence-corrected chi connectivity index (χ4v) is 5.29. The third kappa shape index (κ3) is 2.95. The molecule has 1 saturated carbocycles. The Hall–Kier alpha value is -3.49. The molecule has 2 aromatic rings. The topological polar surface area (TPSA) is 78.7 Å². The number of halogens is 1. The van der Waals surface area contributed by atoms with Gasteiger partial charge in [-0.25, -0.2) is 14.4 Å². The number of aromatic nitrogens is 3. The van der Waals surface area contributed by atoms with Gasteiger partial charge >= 0.3 is 0 Å². The molecule has 2 unspecified atom stereocenters. The molecule has 9 heteroatoms. The Morgan fingerprint density at radius 1 is 1.22 bits per heavy atom. The van der Waals surface area contributed by atoms with Crippen molar-refractivity contribution < 1.29 is 4.39 Å². The van der Waals surface area contributed by atoms with Crippen LogP contribution in [0.15, 0.2) is 58.6 Å². The van der Waals surface area contributed by atoms with Crippen LogP contribution in [0, 0.1) is 17.7 Å². The summed E-state index contributed by atoms with van der Waals surface area (Å²) >= 11 is 0. The SMILES string of the molecule is CN(c1nc(-c2ccncc2F)cc(=O)n1C)[C@H]1[C@@H]2CN(C3=NC4C=CC=CC4N3)C[C@@H]21. The van der Waals surface area contributed by atoms with Gasteiger partial charge in [0.15, 0.2) is 11.8 Å². The minimum atomic E-state index is -0.490. The molecule has 1 saturated heterocycles. The lowest BCUT2D eigenvalue weighted by Gasteiger charge is -2.27. The highest BCUT2D eigenvalue weighted by Gasteiger charge is 2.59. The Bertz CT molecular complexity index is 1220. The minimum absolute atomic E-state index is 0.181. The molecule has 8 nitrogen and oxygen atoms in total. The van der Waals surface area contributed by atoms with Crippen molar-refractivity contribution in [3.8, 4) is 11.3 Å². The molecule has 0 spiro atoms. The van der Waals surface area contributed by atoms with Gasteiger partial charge in [-0.15, -0.1) is 0 Å². The van der Waals surface area contributed by atoms with E-state index in [1.165, 1.54) is 16.8 Å². The van der Waals surface area contributed by atoms with Crippen molar-refractivity contribution in [3.05, 3.63) is 65.0 Å². The first-order chi connectivity index (χ1) is 15.5. The second-order valence-electron chi connectivity index (χ2n) is 8.91. The summed E-state index contributed by atoms with van der Waals surface area (Å²) in [5.74, 6) is 2.00. The van der Waals surface area contributed by atoms with Crippen LogP contribution in [0.3, 0.4) is 0 Å². The van der Waals surface area contributed by atoms with Gasteiger partial charge in [0.1, 0.15) is 0 Å². The quantitative estimate of drug-likeness (QED) is 0.783. The molecule has 0 bridgehead atoms. The van der Waals surface area contributed by atoms with E-state index in [9.17, 15) is 9.18 Å². The zero-order valence-corrected chi connectivity index (χ0v) is 17.9. The average Bonchev–Trinajstić information content (AvgIpc) is 3.13. The second-order valence-corrected chi connectivity index (χ2v) is 8.91. The molecule has 32 heavy (non-hydrogen) atoms. The summed E-state index contributed by atoms with van der Waals surface area (Å²) in [6.45, 7) is 1.84. The van der Waals surface area contributed by atoms with Crippen LogP contribution in [0.25, 0.3) is 11.3 Å². The van der Waals surface area contributed by atoms with Crippen LogP contribution in [-0.2, 0) is 7.05 Å². The lowest BCUT2D eigenvalue weighted by Crippen LogP contribution is -2.44. The number of aliphatic imine (C=N–C) groups is 1. The number of fused-ring (bicyclic) bond motifs is 2. The van der Waals surface area contributed by atoms with Crippen LogP contribution in [0.2, 0.25) is 0 Å². The van der Waals surface area contributed by atoms with E-state index in [-0.39, 0.29) is 23.2 Å². The molecule has 2 aliphatic heterocycles. The minimum Gasteiger partial charge on any atom is -0.348 e. The second kappa shape index (κ2) is 7.01. The van der Waals surface area contributed by atoms with Crippen LogP contribution in [0.5, 0.6) is 0 Å². The van der Waals surface area contributed by atoms with E-state index in [2.05, 4.69) is 43.3 Å². The Labute approximate surface area is 184 Å². The van der Waals surface area contributed by atoms with Gasteiger partial charge in [-0.2, -0.15) is 0 Å². The fraction of sp³-hybridized carbons (Fsp3) is 0.391. The molecule has 0 amide bonds. The first-order valence-corrected chi connectivity index (χ1v) is 10.9. The van der Waals surface area contributed by atoms with Crippen molar-refractivity contribution in [1.29, 1.82) is 0 Å². The van der Waals surface area contributed by atoms with E-state index in [0.717, 1.165) is 25.2 Å². The first-order valence-electron chi connectivity index (χ1n) is 10.9. The van der Waals surface area contributed by atoms with Gasteiger partial charge in [-0.05, 0) is 6.07 Å². The van der Waals surface area contributed by atoms with Gasteiger partial charge in [0, 0.05) is 62.9 Å². The number of anilines is 1. The van der Waals surface area contributed by atoms with E-state index >= 15 is 0 Å². The predicted octanol–water partition coefficient (Wildman–Crippen LogP) is 1.17. The molecule has 164 valence electrons. The Morgan fingerprint density at radius 3 is 2.75 bits per heavy atom. The van der Waals surface area contributed by atoms with Crippen LogP contribution in [-0.4, -0.2) is 63.7 Å². The van der Waals surface area contributed by atoms with Crippen molar-refractivity contribution in [3.63, 3.8) is 0 Å². The number of nitrogens with zero attached hydrogens (tertiary/aromatic N) is 6. The van der Waals surface area contributed by atoms with E-state index in [1.54, 1.807) is 13.1 Å². The highest BCUT2D eigenvalue weighted by molar-refractivity contribution is 5.84. The lowest BCUT2D eigenvalue weighted by atomic mass is 10.1. The van der Waals surface area contributed by atoms with Gasteiger partial charge in [0.25, 0.3) is 5.56 Å². The van der Waals surface area contributed by atoms with Gasteiger partial charge in [-0.3, -0.25) is 14.3 Å². The van der Waals surface area contributed by atoms with Crippen molar-refractivity contribution in [2.45, 2.75) is 18.1 Å². The molecule has 1 N–H and O–H groups in total. The number of piperidine rings is 1. The Balaban J connectivity index is 1.20. The number of pyridine rings is 1. The summed E-state index contributed by atoms with van der Waals surface area (Å²) in [4.78, 5) is 30.3. The predicted molar refractivity (Wildman–Crippen MR) is 120 cm³/mol. The molecule has 0 radical (unpaired) electrons. The third-order valence-corrected chi connectivity index (χ3v) is 7.04. The van der Waals surface area contributed by atoms with Crippen molar-refractivity contribution >= 4 is 11.9 Å². The first kappa shape index (κ1) is 19.2. The fourth-order valence-electron chi connectivity index (χ4n) is 5.29. The number of nitrogens with one attached hydrogen (secondary N) is 1. The summed E-state index contributed by atoms with van der Waals surface area (Å²) in [6.07, 6.45) is 11.0. The van der Waals surface area contributed by atoms with E-state index in [0.29, 0.717) is 29.5 Å².